The zero-order chi connectivity index (χ0) is 48.2. The third-order valence-electron chi connectivity index (χ3n) is 10.4. The van der Waals surface area contributed by atoms with E-state index >= 15 is 0 Å². The summed E-state index contributed by atoms with van der Waals surface area (Å²) in [7, 11) is 0. The van der Waals surface area contributed by atoms with Crippen molar-refractivity contribution >= 4 is 32.7 Å². The van der Waals surface area contributed by atoms with Gasteiger partial charge >= 0.3 is 0 Å². The van der Waals surface area contributed by atoms with Gasteiger partial charge in [0.25, 0.3) is 0 Å². The van der Waals surface area contributed by atoms with E-state index in [0.717, 1.165) is 45.5 Å². The second kappa shape index (κ2) is 16.7. The SMILES string of the molecule is [2H]C([2H])([2H])c1c[c-]c(-c2ccc(C([2H])([2H])C(C)(C)C)cn2)cc1.[2H]C([2H])([2H])c1cnc(-c2[c-]ccc3c2oc2c4ccccc4ccc32)cc1-c1ccc(C(C)(CC)CC)cc1C([2H])([2H])[2H].[Ir]. The van der Waals surface area contributed by atoms with Gasteiger partial charge in [-0.15, -0.1) is 53.6 Å². The van der Waals surface area contributed by atoms with Crippen LogP contribution >= 0.6 is 0 Å². The smallest absolute Gasteiger partial charge is 0.128 e. The number of hydrogen-bond acceptors (Lipinski definition) is 3. The van der Waals surface area contributed by atoms with Gasteiger partial charge in [-0.05, 0) is 93.9 Å². The second-order valence-electron chi connectivity index (χ2n) is 15.3. The minimum Gasteiger partial charge on any atom is -0.500 e. The molecular weight excluding hydrogens is 861 g/mol. The Morgan fingerprint density at radius 2 is 1.48 bits per heavy atom. The summed E-state index contributed by atoms with van der Waals surface area (Å²) in [5, 5.41) is 3.90. The molecule has 3 nitrogen and oxygen atoms in total. The van der Waals surface area contributed by atoms with Crippen molar-refractivity contribution in [1.29, 1.82) is 0 Å². The van der Waals surface area contributed by atoms with E-state index in [9.17, 15) is 0 Å². The Morgan fingerprint density at radius 3 is 2.18 bits per heavy atom. The Morgan fingerprint density at radius 1 is 0.696 bits per heavy atom. The molecule has 3 aromatic heterocycles. The standard InChI is InChI=1S/C35H32NO.C17H20N.Ir/c1-6-35(5,7-2)25-16-18-26(22(3)19-25)31-20-32(36-21-23(31)4)30-14-10-13-28-29-17-15-24-11-8-9-12-27(24)33(29)37-34(28)30;1-13-5-8-15(9-6-13)16-10-7-14(12-18-16)11-17(2,3)4;/h8-13,15-21H,6-7H2,1-5H3;5-8,10,12H,11H2,1-4H3;/q2*-1;/i3D3,4D3;1D3,11D2;. The van der Waals surface area contributed by atoms with Gasteiger partial charge in [-0.2, -0.15) is 0 Å². The first-order valence-corrected chi connectivity index (χ1v) is 18.7. The maximum atomic E-state index is 8.41. The van der Waals surface area contributed by atoms with Crippen LogP contribution in [0, 0.1) is 38.1 Å². The van der Waals surface area contributed by atoms with Gasteiger partial charge in [0, 0.05) is 58.3 Å². The summed E-state index contributed by atoms with van der Waals surface area (Å²) in [5.74, 6) is 0. The van der Waals surface area contributed by atoms with E-state index in [4.69, 9.17) is 19.5 Å². The number of nitrogens with zero attached hydrogens (tertiary/aromatic N) is 2. The van der Waals surface area contributed by atoms with Crippen LogP contribution in [0.2, 0.25) is 0 Å². The maximum Gasteiger partial charge on any atom is 0.128 e. The number of pyridine rings is 2. The van der Waals surface area contributed by atoms with Crippen LogP contribution in [0.3, 0.4) is 0 Å². The van der Waals surface area contributed by atoms with Gasteiger partial charge in [0.15, 0.2) is 0 Å². The Balaban J connectivity index is 0.000000262. The molecule has 0 N–H and O–H groups in total. The number of fused-ring (bicyclic) bond motifs is 5. The van der Waals surface area contributed by atoms with Gasteiger partial charge in [-0.1, -0.05) is 132 Å². The van der Waals surface area contributed by atoms with E-state index in [1.807, 2.05) is 63.2 Å². The average Bonchev–Trinajstić information content (AvgIpc) is 3.67. The van der Waals surface area contributed by atoms with Crippen LogP contribution in [0.1, 0.15) is 97.3 Å². The monoisotopic (exact) mass is 924 g/mol. The van der Waals surface area contributed by atoms with E-state index in [1.165, 1.54) is 18.5 Å². The molecule has 0 saturated carbocycles. The summed E-state index contributed by atoms with van der Waals surface area (Å²) in [6.07, 6.45) is 3.06. The van der Waals surface area contributed by atoms with Crippen molar-refractivity contribution in [2.45, 2.75) is 86.7 Å². The number of aromatic nitrogens is 2. The molecule has 0 atom stereocenters. The van der Waals surface area contributed by atoms with Crippen molar-refractivity contribution in [1.82, 2.24) is 9.97 Å². The van der Waals surface area contributed by atoms with Crippen molar-refractivity contribution in [2.75, 3.05) is 0 Å². The third-order valence-corrected chi connectivity index (χ3v) is 10.4. The summed E-state index contributed by atoms with van der Waals surface area (Å²) in [5.41, 5.74) is 5.40. The van der Waals surface area contributed by atoms with E-state index < -0.39 is 32.3 Å². The predicted molar refractivity (Wildman–Crippen MR) is 233 cm³/mol. The van der Waals surface area contributed by atoms with E-state index in [0.29, 0.717) is 44.8 Å². The van der Waals surface area contributed by atoms with Crippen molar-refractivity contribution in [3.63, 3.8) is 0 Å². The molecule has 8 rings (SSSR count). The van der Waals surface area contributed by atoms with Crippen LogP contribution < -0.4 is 0 Å². The first-order valence-electron chi connectivity index (χ1n) is 24.2. The molecular formula is C52H52IrN2O-2. The number of furan rings is 1. The fourth-order valence-corrected chi connectivity index (χ4v) is 6.93. The summed E-state index contributed by atoms with van der Waals surface area (Å²) in [6.45, 7) is 4.73. The average molecular weight is 924 g/mol. The van der Waals surface area contributed by atoms with Gasteiger partial charge in [0.2, 0.25) is 0 Å². The Bertz CT molecular complexity index is 3030. The number of hydrogen-bond donors (Lipinski definition) is 0. The Labute approximate surface area is 362 Å². The molecule has 287 valence electrons. The van der Waals surface area contributed by atoms with Crippen LogP contribution in [-0.2, 0) is 31.9 Å². The zero-order valence-electron chi connectivity index (χ0n) is 43.5. The van der Waals surface area contributed by atoms with Gasteiger partial charge in [-0.25, -0.2) is 0 Å². The molecule has 0 aliphatic carbocycles. The maximum absolute atomic E-state index is 8.41. The molecule has 3 heterocycles. The summed E-state index contributed by atoms with van der Waals surface area (Å²) >= 11 is 0. The fraction of sp³-hybridized carbons (Fsp3) is 0.269. The largest absolute Gasteiger partial charge is 0.500 e. The van der Waals surface area contributed by atoms with Crippen LogP contribution in [-0.4, -0.2) is 9.97 Å². The van der Waals surface area contributed by atoms with Crippen molar-refractivity contribution in [3.05, 3.63) is 155 Å². The van der Waals surface area contributed by atoms with Gasteiger partial charge < -0.3 is 14.4 Å². The van der Waals surface area contributed by atoms with E-state index in [2.05, 4.69) is 48.9 Å². The van der Waals surface area contributed by atoms with E-state index in [-0.39, 0.29) is 42.2 Å². The minimum atomic E-state index is -2.51. The van der Waals surface area contributed by atoms with Crippen LogP contribution in [0.15, 0.2) is 120 Å². The van der Waals surface area contributed by atoms with Crippen molar-refractivity contribution in [3.8, 4) is 33.6 Å². The minimum absolute atomic E-state index is 0. The van der Waals surface area contributed by atoms with Gasteiger partial charge in [0.05, 0.1) is 5.58 Å². The molecule has 56 heavy (non-hydrogen) atoms. The quantitative estimate of drug-likeness (QED) is 0.150. The molecule has 0 amide bonds. The van der Waals surface area contributed by atoms with E-state index in [1.54, 1.807) is 48.5 Å². The molecule has 0 bridgehead atoms. The molecule has 5 aromatic carbocycles. The Kier molecular flexibility index (Phi) is 8.49. The van der Waals surface area contributed by atoms with Crippen LogP contribution in [0.25, 0.3) is 66.4 Å². The van der Waals surface area contributed by atoms with Crippen LogP contribution in [0.4, 0.5) is 0 Å². The molecule has 0 aliphatic heterocycles. The Hall–Kier alpha value is -4.89. The summed E-state index contributed by atoms with van der Waals surface area (Å²) in [4.78, 5) is 8.88. The third kappa shape index (κ3) is 8.43. The van der Waals surface area contributed by atoms with Crippen molar-refractivity contribution < 1.29 is 39.6 Å². The molecule has 4 heteroatoms. The number of rotatable bonds is 7. The normalized spacial score (nSPS) is 15.6. The molecule has 8 aromatic rings. The molecule has 0 fully saturated rings. The number of benzene rings is 5. The molecule has 0 saturated heterocycles. The number of aryl methyl sites for hydroxylation is 3. The first-order chi connectivity index (χ1) is 30.8. The summed E-state index contributed by atoms with van der Waals surface area (Å²) < 4.78 is 95.1. The van der Waals surface area contributed by atoms with Crippen LogP contribution in [0.5, 0.6) is 0 Å². The molecule has 0 unspecified atom stereocenters. The molecule has 0 aliphatic rings. The van der Waals surface area contributed by atoms with Crippen molar-refractivity contribution in [2.24, 2.45) is 5.41 Å². The molecule has 1 radical (unpaired) electrons. The zero-order valence-corrected chi connectivity index (χ0v) is 34.9. The predicted octanol–water partition coefficient (Wildman–Crippen LogP) is 14.4. The molecule has 0 spiro atoms. The summed E-state index contributed by atoms with van der Waals surface area (Å²) in [6, 6.07) is 37.3. The second-order valence-corrected chi connectivity index (χ2v) is 15.3. The van der Waals surface area contributed by atoms with Gasteiger partial charge in [0.1, 0.15) is 5.58 Å². The van der Waals surface area contributed by atoms with Gasteiger partial charge in [-0.3, -0.25) is 0 Å². The fourth-order valence-electron chi connectivity index (χ4n) is 6.93. The first kappa shape index (κ1) is 28.5. The topological polar surface area (TPSA) is 38.9 Å².